The van der Waals surface area contributed by atoms with Crippen molar-refractivity contribution in [3.8, 4) is 0 Å². The maximum Gasteiger partial charge on any atom is 0.144 e. The summed E-state index contributed by atoms with van der Waals surface area (Å²) in [6.07, 6.45) is 10.4. The second-order valence-electron chi connectivity index (χ2n) is 5.64. The van der Waals surface area contributed by atoms with Gasteiger partial charge in [0.25, 0.3) is 0 Å². The van der Waals surface area contributed by atoms with Crippen LogP contribution in [-0.2, 0) is 6.54 Å². The molecule has 0 radical (unpaired) electrons. The predicted octanol–water partition coefficient (Wildman–Crippen LogP) is 2.92. The van der Waals surface area contributed by atoms with Gasteiger partial charge < -0.3 is 5.32 Å². The minimum atomic E-state index is 0.716. The summed E-state index contributed by atoms with van der Waals surface area (Å²) in [4.78, 5) is 11.2. The molecule has 1 aliphatic rings. The van der Waals surface area contributed by atoms with Gasteiger partial charge in [0.15, 0.2) is 0 Å². The molecule has 4 nitrogen and oxygen atoms in total. The van der Waals surface area contributed by atoms with Crippen molar-refractivity contribution in [2.75, 3.05) is 19.4 Å². The first-order valence-corrected chi connectivity index (χ1v) is 7.41. The quantitative estimate of drug-likeness (QED) is 0.886. The Balaban J connectivity index is 1.84. The molecule has 1 aliphatic carbocycles. The average molecular weight is 262 g/mol. The summed E-state index contributed by atoms with van der Waals surface area (Å²) in [6, 6.07) is 0.716. The number of nitrogens with zero attached hydrogens (tertiary/aromatic N) is 3. The van der Waals surface area contributed by atoms with E-state index in [0.29, 0.717) is 6.04 Å². The third-order valence-electron chi connectivity index (χ3n) is 4.39. The number of aromatic nitrogens is 2. The average Bonchev–Trinajstić information content (AvgIpc) is 2.48. The molecule has 0 bridgehead atoms. The molecule has 1 aromatic rings. The largest absolute Gasteiger partial charge is 0.372 e. The van der Waals surface area contributed by atoms with Crippen molar-refractivity contribution in [2.24, 2.45) is 5.92 Å². The molecular formula is C15H26N4. The molecule has 1 aromatic heterocycles. The van der Waals surface area contributed by atoms with Gasteiger partial charge in [-0.05, 0) is 38.6 Å². The Morgan fingerprint density at radius 3 is 2.47 bits per heavy atom. The summed E-state index contributed by atoms with van der Waals surface area (Å²) in [5.74, 6) is 1.79. The molecule has 0 unspecified atom stereocenters. The molecule has 0 aromatic carbocycles. The van der Waals surface area contributed by atoms with Crippen molar-refractivity contribution in [1.82, 2.24) is 14.9 Å². The molecule has 1 fully saturated rings. The summed E-state index contributed by atoms with van der Waals surface area (Å²) >= 11 is 0. The summed E-state index contributed by atoms with van der Waals surface area (Å²) in [6.45, 7) is 3.21. The summed E-state index contributed by atoms with van der Waals surface area (Å²) in [7, 11) is 4.08. The van der Waals surface area contributed by atoms with Crippen LogP contribution in [0.25, 0.3) is 0 Å². The van der Waals surface area contributed by atoms with E-state index in [0.717, 1.165) is 24.0 Å². The maximum absolute atomic E-state index is 4.45. The summed E-state index contributed by atoms with van der Waals surface area (Å²) in [5, 5.41) is 2.99. The van der Waals surface area contributed by atoms with Gasteiger partial charge in [-0.1, -0.05) is 13.3 Å². The fourth-order valence-electron chi connectivity index (χ4n) is 2.94. The van der Waals surface area contributed by atoms with Gasteiger partial charge in [0.05, 0.1) is 18.1 Å². The standard InChI is InChI=1S/C15H26N4/c1-4-12-5-7-14(8-6-12)19(3)11-13-9-18-15(16-2)10-17-13/h9-10,12,14H,4-8,11H2,1-3H3,(H,16,18). The van der Waals surface area contributed by atoms with E-state index in [1.165, 1.54) is 32.1 Å². The van der Waals surface area contributed by atoms with Crippen molar-refractivity contribution in [3.05, 3.63) is 18.1 Å². The van der Waals surface area contributed by atoms with E-state index in [-0.39, 0.29) is 0 Å². The Bertz CT molecular complexity index is 368. The summed E-state index contributed by atoms with van der Waals surface area (Å²) < 4.78 is 0. The van der Waals surface area contributed by atoms with Crippen molar-refractivity contribution in [3.63, 3.8) is 0 Å². The van der Waals surface area contributed by atoms with Gasteiger partial charge in [-0.3, -0.25) is 9.88 Å². The van der Waals surface area contributed by atoms with Gasteiger partial charge in [-0.2, -0.15) is 0 Å². The van der Waals surface area contributed by atoms with E-state index in [2.05, 4.69) is 34.2 Å². The molecule has 0 amide bonds. The van der Waals surface area contributed by atoms with Gasteiger partial charge in [-0.25, -0.2) is 4.98 Å². The SMILES string of the molecule is CCC1CCC(N(C)Cc2cnc(NC)cn2)CC1. The lowest BCUT2D eigenvalue weighted by Crippen LogP contribution is -2.34. The number of hydrogen-bond donors (Lipinski definition) is 1. The molecular weight excluding hydrogens is 236 g/mol. The van der Waals surface area contributed by atoms with Crippen LogP contribution in [0, 0.1) is 5.92 Å². The first-order chi connectivity index (χ1) is 9.22. The first kappa shape index (κ1) is 14.3. The fourth-order valence-corrected chi connectivity index (χ4v) is 2.94. The van der Waals surface area contributed by atoms with Crippen molar-refractivity contribution >= 4 is 5.82 Å². The molecule has 1 saturated carbocycles. The molecule has 0 spiro atoms. The van der Waals surface area contributed by atoms with Crippen LogP contribution in [0.3, 0.4) is 0 Å². The highest BCUT2D eigenvalue weighted by molar-refractivity contribution is 5.29. The number of rotatable bonds is 5. The van der Waals surface area contributed by atoms with E-state index >= 15 is 0 Å². The molecule has 0 saturated heterocycles. The van der Waals surface area contributed by atoms with Gasteiger partial charge in [0.2, 0.25) is 0 Å². The highest BCUT2D eigenvalue weighted by Gasteiger charge is 2.23. The third kappa shape index (κ3) is 3.90. The Morgan fingerprint density at radius 1 is 1.21 bits per heavy atom. The highest BCUT2D eigenvalue weighted by atomic mass is 15.1. The Labute approximate surface area is 116 Å². The first-order valence-electron chi connectivity index (χ1n) is 7.41. The van der Waals surface area contributed by atoms with Crippen LogP contribution in [0.2, 0.25) is 0 Å². The van der Waals surface area contributed by atoms with Crippen LogP contribution in [0.15, 0.2) is 12.4 Å². The molecule has 19 heavy (non-hydrogen) atoms. The lowest BCUT2D eigenvalue weighted by Gasteiger charge is -2.34. The monoisotopic (exact) mass is 262 g/mol. The third-order valence-corrected chi connectivity index (χ3v) is 4.39. The summed E-state index contributed by atoms with van der Waals surface area (Å²) in [5.41, 5.74) is 1.05. The molecule has 106 valence electrons. The van der Waals surface area contributed by atoms with E-state index in [1.807, 2.05) is 13.2 Å². The molecule has 2 rings (SSSR count). The zero-order valence-electron chi connectivity index (χ0n) is 12.4. The van der Waals surface area contributed by atoms with Gasteiger partial charge in [0, 0.05) is 19.6 Å². The lowest BCUT2D eigenvalue weighted by molar-refractivity contribution is 0.156. The minimum Gasteiger partial charge on any atom is -0.372 e. The van der Waals surface area contributed by atoms with Crippen LogP contribution in [-0.4, -0.2) is 35.0 Å². The molecule has 0 atom stereocenters. The fraction of sp³-hybridized carbons (Fsp3) is 0.733. The predicted molar refractivity (Wildman–Crippen MR) is 79.1 cm³/mol. The van der Waals surface area contributed by atoms with Crippen molar-refractivity contribution in [2.45, 2.75) is 51.6 Å². The van der Waals surface area contributed by atoms with Gasteiger partial charge in [-0.15, -0.1) is 0 Å². The van der Waals surface area contributed by atoms with Crippen LogP contribution < -0.4 is 5.32 Å². The Kier molecular flexibility index (Phi) is 5.14. The Morgan fingerprint density at radius 2 is 1.95 bits per heavy atom. The zero-order chi connectivity index (χ0) is 13.7. The van der Waals surface area contributed by atoms with Crippen LogP contribution in [0.1, 0.15) is 44.7 Å². The molecule has 4 heteroatoms. The van der Waals surface area contributed by atoms with Gasteiger partial charge >= 0.3 is 0 Å². The highest BCUT2D eigenvalue weighted by Crippen LogP contribution is 2.29. The van der Waals surface area contributed by atoms with E-state index in [9.17, 15) is 0 Å². The van der Waals surface area contributed by atoms with E-state index in [4.69, 9.17) is 0 Å². The van der Waals surface area contributed by atoms with E-state index < -0.39 is 0 Å². The minimum absolute atomic E-state index is 0.716. The molecule has 0 aliphatic heterocycles. The number of anilines is 1. The number of hydrogen-bond acceptors (Lipinski definition) is 4. The van der Waals surface area contributed by atoms with Crippen molar-refractivity contribution in [1.29, 1.82) is 0 Å². The zero-order valence-corrected chi connectivity index (χ0v) is 12.4. The molecule has 1 heterocycles. The topological polar surface area (TPSA) is 41.1 Å². The second-order valence-corrected chi connectivity index (χ2v) is 5.64. The van der Waals surface area contributed by atoms with Crippen LogP contribution >= 0.6 is 0 Å². The van der Waals surface area contributed by atoms with Crippen molar-refractivity contribution < 1.29 is 0 Å². The molecule has 1 N–H and O–H groups in total. The van der Waals surface area contributed by atoms with Crippen LogP contribution in [0.4, 0.5) is 5.82 Å². The smallest absolute Gasteiger partial charge is 0.144 e. The van der Waals surface area contributed by atoms with Gasteiger partial charge in [0.1, 0.15) is 5.82 Å². The Hall–Kier alpha value is -1.16. The normalized spacial score (nSPS) is 23.6. The maximum atomic E-state index is 4.45. The second kappa shape index (κ2) is 6.85. The number of nitrogens with one attached hydrogen (secondary N) is 1. The lowest BCUT2D eigenvalue weighted by atomic mass is 9.84. The van der Waals surface area contributed by atoms with E-state index in [1.54, 1.807) is 6.20 Å². The van der Waals surface area contributed by atoms with Crippen LogP contribution in [0.5, 0.6) is 0 Å².